The van der Waals surface area contributed by atoms with Gasteiger partial charge in [0.05, 0.1) is 5.54 Å². The second-order valence-corrected chi connectivity index (χ2v) is 5.47. The van der Waals surface area contributed by atoms with E-state index in [9.17, 15) is 22.8 Å². The topological polar surface area (TPSA) is 72.9 Å². The van der Waals surface area contributed by atoms with Crippen LogP contribution in [0.15, 0.2) is 0 Å². The average molecular weight is 311 g/mol. The van der Waals surface area contributed by atoms with Crippen LogP contribution in [0.2, 0.25) is 0 Å². The number of halogens is 3. The molecule has 0 spiro atoms. The Hall–Kier alpha value is -1.35. The van der Waals surface area contributed by atoms with Crippen LogP contribution in [0.5, 0.6) is 0 Å². The molecular formula is C12H20F3N3O3. The third-order valence-electron chi connectivity index (χ3n) is 3.41. The summed E-state index contributed by atoms with van der Waals surface area (Å²) in [4.78, 5) is 25.2. The number of carbonyl (C=O) groups excluding carboxylic acids is 1. The number of carboxylic acid groups (broad SMARTS) is 1. The first-order valence-corrected chi connectivity index (χ1v) is 6.58. The van der Waals surface area contributed by atoms with Crippen molar-refractivity contribution in [2.45, 2.75) is 25.6 Å². The first-order chi connectivity index (χ1) is 9.54. The molecule has 1 rings (SSSR count). The number of rotatable bonds is 5. The van der Waals surface area contributed by atoms with Crippen LogP contribution in [0.3, 0.4) is 0 Å². The molecule has 1 aliphatic heterocycles. The SMILES string of the molecule is CC(C)(C(=O)N(CC(=O)O)CC(F)(F)F)N1CCNCC1. The Morgan fingerprint density at radius 2 is 1.76 bits per heavy atom. The predicted octanol–water partition coefficient (Wildman–Crippen LogP) is 0.146. The number of piperazine rings is 1. The molecule has 1 aliphatic rings. The zero-order chi connectivity index (χ0) is 16.3. The quantitative estimate of drug-likeness (QED) is 0.756. The summed E-state index contributed by atoms with van der Waals surface area (Å²) < 4.78 is 37.6. The van der Waals surface area contributed by atoms with Crippen molar-refractivity contribution in [3.63, 3.8) is 0 Å². The molecular weight excluding hydrogens is 291 g/mol. The minimum atomic E-state index is -4.63. The fourth-order valence-corrected chi connectivity index (χ4v) is 2.33. The summed E-state index contributed by atoms with van der Waals surface area (Å²) in [5.41, 5.74) is -1.18. The summed E-state index contributed by atoms with van der Waals surface area (Å²) in [5.74, 6) is -2.30. The molecule has 6 nitrogen and oxygen atoms in total. The van der Waals surface area contributed by atoms with Crippen LogP contribution in [-0.2, 0) is 9.59 Å². The molecule has 0 aromatic heterocycles. The summed E-state index contributed by atoms with van der Waals surface area (Å²) in [6, 6.07) is 0. The molecule has 9 heteroatoms. The van der Waals surface area contributed by atoms with Crippen molar-refractivity contribution >= 4 is 11.9 Å². The molecule has 1 saturated heterocycles. The van der Waals surface area contributed by atoms with Gasteiger partial charge in [0.1, 0.15) is 13.1 Å². The van der Waals surface area contributed by atoms with Crippen LogP contribution in [0, 0.1) is 0 Å². The second-order valence-electron chi connectivity index (χ2n) is 5.47. The molecule has 0 aromatic rings. The zero-order valence-corrected chi connectivity index (χ0v) is 12.0. The van der Waals surface area contributed by atoms with Gasteiger partial charge in [-0.1, -0.05) is 0 Å². The Bertz CT molecular complexity index is 393. The average Bonchev–Trinajstić information content (AvgIpc) is 2.36. The van der Waals surface area contributed by atoms with E-state index < -0.39 is 36.7 Å². The van der Waals surface area contributed by atoms with Gasteiger partial charge in [0, 0.05) is 26.2 Å². The molecule has 1 fully saturated rings. The maximum Gasteiger partial charge on any atom is 0.406 e. The van der Waals surface area contributed by atoms with Crippen molar-refractivity contribution in [2.24, 2.45) is 0 Å². The summed E-state index contributed by atoms with van der Waals surface area (Å²) in [5, 5.41) is 11.8. The van der Waals surface area contributed by atoms with Crippen LogP contribution >= 0.6 is 0 Å². The molecule has 1 heterocycles. The first-order valence-electron chi connectivity index (χ1n) is 6.58. The van der Waals surface area contributed by atoms with E-state index in [0.717, 1.165) is 0 Å². The molecule has 0 saturated carbocycles. The van der Waals surface area contributed by atoms with Crippen LogP contribution < -0.4 is 5.32 Å². The Morgan fingerprint density at radius 3 is 2.19 bits per heavy atom. The number of nitrogens with zero attached hydrogens (tertiary/aromatic N) is 2. The monoisotopic (exact) mass is 311 g/mol. The minimum absolute atomic E-state index is 0.352. The van der Waals surface area contributed by atoms with Gasteiger partial charge in [-0.05, 0) is 13.8 Å². The van der Waals surface area contributed by atoms with E-state index >= 15 is 0 Å². The number of hydrogen-bond acceptors (Lipinski definition) is 4. The Morgan fingerprint density at radius 1 is 1.24 bits per heavy atom. The number of carbonyl (C=O) groups is 2. The maximum atomic E-state index is 12.5. The van der Waals surface area contributed by atoms with Crippen LogP contribution in [0.1, 0.15) is 13.8 Å². The first kappa shape index (κ1) is 17.7. The Balaban J connectivity index is 2.88. The van der Waals surface area contributed by atoms with Crippen molar-refractivity contribution in [3.05, 3.63) is 0 Å². The van der Waals surface area contributed by atoms with E-state index in [1.807, 2.05) is 0 Å². The summed E-state index contributed by atoms with van der Waals surface area (Å²) >= 11 is 0. The normalized spacial score (nSPS) is 17.6. The lowest BCUT2D eigenvalue weighted by molar-refractivity contribution is -0.171. The van der Waals surface area contributed by atoms with E-state index in [2.05, 4.69) is 5.32 Å². The van der Waals surface area contributed by atoms with Crippen LogP contribution in [-0.4, -0.2) is 77.8 Å². The minimum Gasteiger partial charge on any atom is -0.480 e. The van der Waals surface area contributed by atoms with Gasteiger partial charge in [-0.25, -0.2) is 0 Å². The van der Waals surface area contributed by atoms with Gasteiger partial charge in [-0.15, -0.1) is 0 Å². The molecule has 0 bridgehead atoms. The standard InChI is InChI=1S/C12H20F3N3O3/c1-11(2,18-5-3-16-4-6-18)10(21)17(7-9(19)20)8-12(13,14)15/h16H,3-8H2,1-2H3,(H,19,20). The van der Waals surface area contributed by atoms with Crippen molar-refractivity contribution in [3.8, 4) is 0 Å². The summed E-state index contributed by atoms with van der Waals surface area (Å²) in [6.45, 7) is 2.82. The molecule has 0 aliphatic carbocycles. The number of aliphatic carboxylic acids is 1. The molecule has 0 aromatic carbocycles. The van der Waals surface area contributed by atoms with E-state index in [1.165, 1.54) is 13.8 Å². The smallest absolute Gasteiger partial charge is 0.406 e. The molecule has 0 unspecified atom stereocenters. The lowest BCUT2D eigenvalue weighted by Crippen LogP contribution is -2.61. The molecule has 122 valence electrons. The fraction of sp³-hybridized carbons (Fsp3) is 0.833. The maximum absolute atomic E-state index is 12.5. The third-order valence-corrected chi connectivity index (χ3v) is 3.41. The number of alkyl halides is 3. The van der Waals surface area contributed by atoms with Gasteiger partial charge in [0.15, 0.2) is 0 Å². The van der Waals surface area contributed by atoms with Crippen molar-refractivity contribution < 1.29 is 27.9 Å². The fourth-order valence-electron chi connectivity index (χ4n) is 2.33. The molecule has 21 heavy (non-hydrogen) atoms. The number of nitrogens with one attached hydrogen (secondary N) is 1. The highest BCUT2D eigenvalue weighted by atomic mass is 19.4. The van der Waals surface area contributed by atoms with E-state index in [4.69, 9.17) is 5.11 Å². The molecule has 2 N–H and O–H groups in total. The number of hydrogen-bond donors (Lipinski definition) is 2. The largest absolute Gasteiger partial charge is 0.480 e. The zero-order valence-electron chi connectivity index (χ0n) is 12.0. The summed E-state index contributed by atoms with van der Waals surface area (Å²) in [6.07, 6.45) is -4.63. The lowest BCUT2D eigenvalue weighted by atomic mass is 9.99. The van der Waals surface area contributed by atoms with Gasteiger partial charge in [0.25, 0.3) is 0 Å². The van der Waals surface area contributed by atoms with Crippen LogP contribution in [0.4, 0.5) is 13.2 Å². The number of carboxylic acids is 1. The van der Waals surface area contributed by atoms with Crippen molar-refractivity contribution in [2.75, 3.05) is 39.3 Å². The van der Waals surface area contributed by atoms with Gasteiger partial charge in [-0.2, -0.15) is 13.2 Å². The lowest BCUT2D eigenvalue weighted by Gasteiger charge is -2.42. The third kappa shape index (κ3) is 5.16. The van der Waals surface area contributed by atoms with Gasteiger partial charge in [0.2, 0.25) is 5.91 Å². The highest BCUT2D eigenvalue weighted by Crippen LogP contribution is 2.22. The molecule has 0 radical (unpaired) electrons. The Kier molecular flexibility index (Phi) is 5.57. The van der Waals surface area contributed by atoms with Crippen LogP contribution in [0.25, 0.3) is 0 Å². The second kappa shape index (κ2) is 6.61. The van der Waals surface area contributed by atoms with Gasteiger partial charge < -0.3 is 15.3 Å². The van der Waals surface area contributed by atoms with E-state index in [-0.39, 0.29) is 0 Å². The predicted molar refractivity (Wildman–Crippen MR) is 68.8 cm³/mol. The van der Waals surface area contributed by atoms with Gasteiger partial charge >= 0.3 is 12.1 Å². The highest BCUT2D eigenvalue weighted by Gasteiger charge is 2.42. The van der Waals surface area contributed by atoms with Crippen molar-refractivity contribution in [1.82, 2.24) is 15.1 Å². The van der Waals surface area contributed by atoms with E-state index in [0.29, 0.717) is 31.1 Å². The Labute approximate surface area is 120 Å². The highest BCUT2D eigenvalue weighted by molar-refractivity contribution is 5.88. The van der Waals surface area contributed by atoms with E-state index in [1.54, 1.807) is 4.90 Å². The van der Waals surface area contributed by atoms with Crippen molar-refractivity contribution in [1.29, 1.82) is 0 Å². The molecule has 1 amide bonds. The molecule has 0 atom stereocenters. The summed E-state index contributed by atoms with van der Waals surface area (Å²) in [7, 11) is 0. The van der Waals surface area contributed by atoms with Gasteiger partial charge in [-0.3, -0.25) is 14.5 Å². The number of amides is 1.